The molecule has 1 aromatic heterocycles. The van der Waals surface area contributed by atoms with Crippen LogP contribution >= 0.6 is 22.9 Å². The van der Waals surface area contributed by atoms with Crippen molar-refractivity contribution in [1.82, 2.24) is 9.88 Å². The van der Waals surface area contributed by atoms with E-state index >= 15 is 0 Å². The van der Waals surface area contributed by atoms with Gasteiger partial charge in [0, 0.05) is 48.5 Å². The van der Waals surface area contributed by atoms with Crippen molar-refractivity contribution < 1.29 is 4.79 Å². The highest BCUT2D eigenvalue weighted by molar-refractivity contribution is 7.13. The first-order valence-corrected chi connectivity index (χ1v) is 8.84. The van der Waals surface area contributed by atoms with Crippen molar-refractivity contribution in [3.8, 4) is 0 Å². The number of nitrogens with one attached hydrogen (secondary N) is 1. The number of aromatic nitrogens is 1. The lowest BCUT2D eigenvalue weighted by Crippen LogP contribution is -2.52. The fourth-order valence-electron chi connectivity index (χ4n) is 2.62. The van der Waals surface area contributed by atoms with Gasteiger partial charge in [-0.2, -0.15) is 0 Å². The predicted octanol–water partition coefficient (Wildman–Crippen LogP) is 2.95. The fraction of sp³-hybridized carbons (Fsp3) is 0.375. The molecule has 0 bridgehead atoms. The lowest BCUT2D eigenvalue weighted by molar-refractivity contribution is -0.120. The van der Waals surface area contributed by atoms with Crippen LogP contribution in [-0.4, -0.2) is 48.0 Å². The molecule has 0 radical (unpaired) electrons. The molecule has 23 heavy (non-hydrogen) atoms. The maximum absolute atomic E-state index is 12.4. The van der Waals surface area contributed by atoms with Gasteiger partial charge in [0.15, 0.2) is 5.13 Å². The van der Waals surface area contributed by atoms with Gasteiger partial charge in [0.1, 0.15) is 0 Å². The van der Waals surface area contributed by atoms with Crippen LogP contribution in [0.1, 0.15) is 6.92 Å². The molecule has 1 aromatic carbocycles. The molecule has 3 rings (SSSR count). The van der Waals surface area contributed by atoms with E-state index in [9.17, 15) is 4.79 Å². The SMILES string of the molecule is C[C@@H](C(=O)Nc1ccc(Cl)cc1)N1CCN(c2nccs2)CC1. The number of benzene rings is 1. The lowest BCUT2D eigenvalue weighted by Gasteiger charge is -2.37. The molecule has 0 spiro atoms. The Labute approximate surface area is 144 Å². The van der Waals surface area contributed by atoms with Crippen molar-refractivity contribution in [3.63, 3.8) is 0 Å². The molecular formula is C16H19ClN4OS. The molecule has 2 heterocycles. The van der Waals surface area contributed by atoms with E-state index in [1.165, 1.54) is 0 Å². The summed E-state index contributed by atoms with van der Waals surface area (Å²) in [6.45, 7) is 5.45. The van der Waals surface area contributed by atoms with Gasteiger partial charge in [-0.25, -0.2) is 4.98 Å². The first-order valence-electron chi connectivity index (χ1n) is 7.58. The van der Waals surface area contributed by atoms with Gasteiger partial charge in [-0.15, -0.1) is 11.3 Å². The summed E-state index contributed by atoms with van der Waals surface area (Å²) in [4.78, 5) is 21.2. The van der Waals surface area contributed by atoms with Crippen molar-refractivity contribution in [2.24, 2.45) is 0 Å². The number of hydrogen-bond acceptors (Lipinski definition) is 5. The molecule has 5 nitrogen and oxygen atoms in total. The molecule has 1 amide bonds. The smallest absolute Gasteiger partial charge is 0.241 e. The number of carbonyl (C=O) groups is 1. The zero-order valence-corrected chi connectivity index (χ0v) is 14.5. The molecule has 7 heteroatoms. The van der Waals surface area contributed by atoms with Crippen LogP contribution in [0.4, 0.5) is 10.8 Å². The second-order valence-corrected chi connectivity index (χ2v) is 6.82. The van der Waals surface area contributed by atoms with Crippen LogP contribution in [-0.2, 0) is 4.79 Å². The Morgan fingerprint density at radius 3 is 2.57 bits per heavy atom. The number of amides is 1. The maximum Gasteiger partial charge on any atom is 0.241 e. The molecule has 0 aliphatic carbocycles. The van der Waals surface area contributed by atoms with E-state index in [2.05, 4.69) is 20.1 Å². The van der Waals surface area contributed by atoms with E-state index in [0.29, 0.717) is 5.02 Å². The summed E-state index contributed by atoms with van der Waals surface area (Å²) in [7, 11) is 0. The third-order valence-corrected chi connectivity index (χ3v) is 5.13. The van der Waals surface area contributed by atoms with E-state index in [4.69, 9.17) is 11.6 Å². The summed E-state index contributed by atoms with van der Waals surface area (Å²) in [5.41, 5.74) is 0.771. The number of piperazine rings is 1. The average Bonchev–Trinajstić information content (AvgIpc) is 3.11. The first-order chi connectivity index (χ1) is 11.1. The Morgan fingerprint density at radius 1 is 1.26 bits per heavy atom. The predicted molar refractivity (Wildman–Crippen MR) is 95.4 cm³/mol. The van der Waals surface area contributed by atoms with E-state index in [1.807, 2.05) is 30.6 Å². The minimum atomic E-state index is -0.163. The van der Waals surface area contributed by atoms with Gasteiger partial charge < -0.3 is 10.2 Å². The summed E-state index contributed by atoms with van der Waals surface area (Å²) < 4.78 is 0. The molecule has 1 saturated heterocycles. The molecule has 1 aliphatic heterocycles. The molecular weight excluding hydrogens is 332 g/mol. The van der Waals surface area contributed by atoms with Gasteiger partial charge in [-0.3, -0.25) is 9.69 Å². The maximum atomic E-state index is 12.4. The topological polar surface area (TPSA) is 48.5 Å². The van der Waals surface area contributed by atoms with Gasteiger partial charge in [0.25, 0.3) is 0 Å². The van der Waals surface area contributed by atoms with Crippen LogP contribution in [0, 0.1) is 0 Å². The molecule has 1 N–H and O–H groups in total. The average molecular weight is 351 g/mol. The van der Waals surface area contributed by atoms with E-state index in [1.54, 1.807) is 23.5 Å². The van der Waals surface area contributed by atoms with Crippen molar-refractivity contribution in [3.05, 3.63) is 40.9 Å². The minimum absolute atomic E-state index is 0.00928. The standard InChI is InChI=1S/C16H19ClN4OS/c1-12(15(22)19-14-4-2-13(17)3-5-14)20-7-9-21(10-8-20)16-18-6-11-23-16/h2-6,11-12H,7-10H2,1H3,(H,19,22)/t12-/m0/s1. The Bertz CT molecular complexity index is 639. The summed E-state index contributed by atoms with van der Waals surface area (Å²) in [5.74, 6) is 0.00928. The number of halogens is 1. The summed E-state index contributed by atoms with van der Waals surface area (Å²) in [6.07, 6.45) is 1.83. The van der Waals surface area contributed by atoms with E-state index in [0.717, 1.165) is 37.0 Å². The van der Waals surface area contributed by atoms with Crippen LogP contribution in [0.15, 0.2) is 35.8 Å². The van der Waals surface area contributed by atoms with Crippen LogP contribution in [0.5, 0.6) is 0 Å². The Kier molecular flexibility index (Phi) is 5.15. The van der Waals surface area contributed by atoms with Crippen LogP contribution in [0.3, 0.4) is 0 Å². The summed E-state index contributed by atoms with van der Waals surface area (Å²) in [5, 5.41) is 6.65. The normalized spacial score (nSPS) is 17.0. The third-order valence-electron chi connectivity index (χ3n) is 4.04. The zero-order valence-electron chi connectivity index (χ0n) is 12.9. The van der Waals surface area contributed by atoms with Gasteiger partial charge in [0.05, 0.1) is 6.04 Å². The van der Waals surface area contributed by atoms with Crippen molar-refractivity contribution in [2.75, 3.05) is 36.4 Å². The molecule has 1 aliphatic rings. The van der Waals surface area contributed by atoms with Gasteiger partial charge >= 0.3 is 0 Å². The Hall–Kier alpha value is -1.63. The fourth-order valence-corrected chi connectivity index (χ4v) is 3.44. The number of carbonyl (C=O) groups excluding carboxylic acids is 1. The second-order valence-electron chi connectivity index (χ2n) is 5.51. The zero-order chi connectivity index (χ0) is 16.2. The molecule has 0 unspecified atom stereocenters. The molecule has 2 aromatic rings. The number of hydrogen-bond donors (Lipinski definition) is 1. The van der Waals surface area contributed by atoms with Gasteiger partial charge in [0.2, 0.25) is 5.91 Å². The van der Waals surface area contributed by atoms with Gasteiger partial charge in [-0.1, -0.05) is 11.6 Å². The van der Waals surface area contributed by atoms with Crippen LogP contribution in [0.25, 0.3) is 0 Å². The molecule has 122 valence electrons. The summed E-state index contributed by atoms with van der Waals surface area (Å²) in [6, 6.07) is 7.01. The first kappa shape index (κ1) is 16.2. The van der Waals surface area contributed by atoms with Crippen molar-refractivity contribution >= 4 is 39.7 Å². The highest BCUT2D eigenvalue weighted by Gasteiger charge is 2.26. The Morgan fingerprint density at radius 2 is 1.96 bits per heavy atom. The van der Waals surface area contributed by atoms with Crippen LogP contribution < -0.4 is 10.2 Å². The van der Waals surface area contributed by atoms with Crippen LogP contribution in [0.2, 0.25) is 5.02 Å². The lowest BCUT2D eigenvalue weighted by atomic mass is 10.2. The van der Waals surface area contributed by atoms with Gasteiger partial charge in [-0.05, 0) is 31.2 Å². The largest absolute Gasteiger partial charge is 0.346 e. The number of rotatable bonds is 4. The number of nitrogens with zero attached hydrogens (tertiary/aromatic N) is 3. The van der Waals surface area contributed by atoms with E-state index < -0.39 is 0 Å². The Balaban J connectivity index is 1.53. The second kappa shape index (κ2) is 7.29. The summed E-state index contributed by atoms with van der Waals surface area (Å²) >= 11 is 7.51. The number of thiazole rings is 1. The molecule has 0 saturated carbocycles. The van der Waals surface area contributed by atoms with Crippen molar-refractivity contribution in [2.45, 2.75) is 13.0 Å². The molecule has 1 atom stereocenters. The van der Waals surface area contributed by atoms with E-state index in [-0.39, 0.29) is 11.9 Å². The highest BCUT2D eigenvalue weighted by atomic mass is 35.5. The quantitative estimate of drug-likeness (QED) is 0.921. The minimum Gasteiger partial charge on any atom is -0.346 e. The van der Waals surface area contributed by atoms with Crippen molar-refractivity contribution in [1.29, 1.82) is 0 Å². The third kappa shape index (κ3) is 4.02. The monoisotopic (exact) mass is 350 g/mol. The number of anilines is 2. The highest BCUT2D eigenvalue weighted by Crippen LogP contribution is 2.20. The molecule has 1 fully saturated rings.